The van der Waals surface area contributed by atoms with Gasteiger partial charge in [-0.2, -0.15) is 0 Å². The first-order chi connectivity index (χ1) is 10.1. The van der Waals surface area contributed by atoms with E-state index in [0.717, 1.165) is 30.2 Å². The number of para-hydroxylation sites is 1. The molecule has 1 saturated heterocycles. The van der Waals surface area contributed by atoms with E-state index in [1.54, 1.807) is 11.8 Å². The van der Waals surface area contributed by atoms with Crippen LogP contribution in [0.25, 0.3) is 0 Å². The molecular formula is C15H20N2O2S2. The molecule has 2 aliphatic rings. The Morgan fingerprint density at radius 1 is 1.29 bits per heavy atom. The number of fused-ring (bicyclic) bond motifs is 1. The van der Waals surface area contributed by atoms with Crippen LogP contribution in [0.2, 0.25) is 0 Å². The Kier molecular flexibility index (Phi) is 4.26. The summed E-state index contributed by atoms with van der Waals surface area (Å²) in [5, 5.41) is 1.09. The first-order valence-electron chi connectivity index (χ1n) is 7.36. The van der Waals surface area contributed by atoms with Gasteiger partial charge < -0.3 is 4.90 Å². The van der Waals surface area contributed by atoms with Crippen LogP contribution < -0.4 is 4.90 Å². The Labute approximate surface area is 130 Å². The van der Waals surface area contributed by atoms with Crippen LogP contribution in [0.5, 0.6) is 0 Å². The van der Waals surface area contributed by atoms with Gasteiger partial charge in [-0.1, -0.05) is 43.3 Å². The summed E-state index contributed by atoms with van der Waals surface area (Å²) in [5.41, 5.74) is 1.14. The van der Waals surface area contributed by atoms with Crippen LogP contribution >= 0.6 is 11.8 Å². The fraction of sp³-hybridized carbons (Fsp3) is 0.533. The van der Waals surface area contributed by atoms with Crippen LogP contribution in [-0.4, -0.2) is 42.9 Å². The summed E-state index contributed by atoms with van der Waals surface area (Å²) in [5.74, 6) is 0.482. The average molecular weight is 324 g/mol. The SMILES string of the molecule is CCCCN(C1=NC2CS(=O)(=O)CC2S1)c1ccccc1. The van der Waals surface area contributed by atoms with Gasteiger partial charge in [0.1, 0.15) is 0 Å². The molecule has 0 radical (unpaired) electrons. The summed E-state index contributed by atoms with van der Waals surface area (Å²) in [6.45, 7) is 3.10. The fourth-order valence-electron chi connectivity index (χ4n) is 2.73. The second-order valence-electron chi connectivity index (χ2n) is 5.55. The predicted molar refractivity (Wildman–Crippen MR) is 90.0 cm³/mol. The molecule has 4 nitrogen and oxygen atoms in total. The smallest absolute Gasteiger partial charge is 0.164 e. The number of benzene rings is 1. The largest absolute Gasteiger partial charge is 0.321 e. The van der Waals surface area contributed by atoms with Gasteiger partial charge in [0.25, 0.3) is 0 Å². The summed E-state index contributed by atoms with van der Waals surface area (Å²) in [4.78, 5) is 6.94. The minimum absolute atomic E-state index is 0.0529. The van der Waals surface area contributed by atoms with E-state index in [1.165, 1.54) is 0 Å². The van der Waals surface area contributed by atoms with Gasteiger partial charge >= 0.3 is 0 Å². The highest BCUT2D eigenvalue weighted by Gasteiger charge is 2.43. The second kappa shape index (κ2) is 6.01. The van der Waals surface area contributed by atoms with Gasteiger partial charge in [0.05, 0.1) is 17.5 Å². The number of anilines is 1. The van der Waals surface area contributed by atoms with E-state index in [9.17, 15) is 8.42 Å². The molecule has 0 spiro atoms. The highest BCUT2D eigenvalue weighted by molar-refractivity contribution is 8.15. The molecule has 0 aromatic heterocycles. The van der Waals surface area contributed by atoms with E-state index in [4.69, 9.17) is 4.99 Å². The summed E-state index contributed by atoms with van der Waals surface area (Å²) in [7, 11) is -2.88. The van der Waals surface area contributed by atoms with Crippen molar-refractivity contribution in [3.63, 3.8) is 0 Å². The zero-order chi connectivity index (χ0) is 14.9. The lowest BCUT2D eigenvalue weighted by molar-refractivity contribution is 0.601. The fourth-order valence-corrected chi connectivity index (χ4v) is 6.54. The van der Waals surface area contributed by atoms with E-state index >= 15 is 0 Å². The zero-order valence-electron chi connectivity index (χ0n) is 12.1. The summed E-state index contributed by atoms with van der Waals surface area (Å²) >= 11 is 1.63. The normalized spacial score (nSPS) is 26.4. The number of hydrogen-bond acceptors (Lipinski definition) is 5. The lowest BCUT2D eigenvalue weighted by atomic mass is 10.2. The molecule has 0 bridgehead atoms. The zero-order valence-corrected chi connectivity index (χ0v) is 13.7. The van der Waals surface area contributed by atoms with Crippen molar-refractivity contribution in [2.75, 3.05) is 23.0 Å². The van der Waals surface area contributed by atoms with Crippen molar-refractivity contribution in [2.24, 2.45) is 4.99 Å². The number of rotatable bonds is 4. The Bertz CT molecular complexity index is 628. The Morgan fingerprint density at radius 3 is 2.71 bits per heavy atom. The number of sulfone groups is 1. The monoisotopic (exact) mass is 324 g/mol. The first-order valence-corrected chi connectivity index (χ1v) is 10.1. The number of aliphatic imine (C=N–C) groups is 1. The van der Waals surface area contributed by atoms with Crippen LogP contribution in [0.15, 0.2) is 35.3 Å². The molecule has 0 saturated carbocycles. The third-order valence-corrected chi connectivity index (χ3v) is 7.09. The Morgan fingerprint density at radius 2 is 2.05 bits per heavy atom. The Balaban J connectivity index is 1.82. The minimum Gasteiger partial charge on any atom is -0.321 e. The molecule has 2 unspecified atom stereocenters. The van der Waals surface area contributed by atoms with Crippen LogP contribution in [-0.2, 0) is 9.84 Å². The molecule has 2 aliphatic heterocycles. The van der Waals surface area contributed by atoms with Gasteiger partial charge in [-0.25, -0.2) is 8.42 Å². The molecule has 0 amide bonds. The van der Waals surface area contributed by atoms with Gasteiger partial charge in [-0.05, 0) is 18.6 Å². The predicted octanol–water partition coefficient (Wildman–Crippen LogP) is 2.56. The minimum atomic E-state index is -2.88. The van der Waals surface area contributed by atoms with Crippen LogP contribution in [0, 0.1) is 0 Å². The number of unbranched alkanes of at least 4 members (excludes halogenated alkanes) is 1. The quantitative estimate of drug-likeness (QED) is 0.854. The summed E-state index contributed by atoms with van der Waals surface area (Å²) in [6, 6.07) is 10.2. The molecule has 0 aliphatic carbocycles. The molecule has 3 rings (SSSR count). The number of nitrogens with zero attached hydrogens (tertiary/aromatic N) is 2. The van der Waals surface area contributed by atoms with Crippen molar-refractivity contribution in [3.05, 3.63) is 30.3 Å². The molecule has 2 heterocycles. The van der Waals surface area contributed by atoms with Crippen molar-refractivity contribution in [1.82, 2.24) is 0 Å². The highest BCUT2D eigenvalue weighted by Crippen LogP contribution is 2.36. The number of thioether (sulfide) groups is 1. The summed E-state index contributed by atoms with van der Waals surface area (Å²) in [6.07, 6.45) is 2.23. The van der Waals surface area contributed by atoms with Gasteiger partial charge in [-0.15, -0.1) is 0 Å². The van der Waals surface area contributed by atoms with E-state index in [0.29, 0.717) is 0 Å². The third kappa shape index (κ3) is 3.26. The van der Waals surface area contributed by atoms with Crippen molar-refractivity contribution >= 4 is 32.5 Å². The van der Waals surface area contributed by atoms with Crippen LogP contribution in [0.1, 0.15) is 19.8 Å². The third-order valence-electron chi connectivity index (χ3n) is 3.84. The maximum absolute atomic E-state index is 11.7. The van der Waals surface area contributed by atoms with Gasteiger partial charge in [0.2, 0.25) is 0 Å². The van der Waals surface area contributed by atoms with Crippen molar-refractivity contribution in [3.8, 4) is 0 Å². The van der Waals surface area contributed by atoms with Crippen LogP contribution in [0.4, 0.5) is 5.69 Å². The number of hydrogen-bond donors (Lipinski definition) is 0. The molecular weight excluding hydrogens is 304 g/mol. The van der Waals surface area contributed by atoms with Crippen molar-refractivity contribution < 1.29 is 8.42 Å². The molecule has 0 N–H and O–H groups in total. The van der Waals surface area contributed by atoms with Crippen molar-refractivity contribution in [2.45, 2.75) is 31.1 Å². The number of amidine groups is 1. The Hall–Kier alpha value is -1.01. The van der Waals surface area contributed by atoms with Gasteiger partial charge in [0, 0.05) is 17.5 Å². The van der Waals surface area contributed by atoms with E-state index < -0.39 is 9.84 Å². The summed E-state index contributed by atoms with van der Waals surface area (Å²) < 4.78 is 23.3. The lowest BCUT2D eigenvalue weighted by Crippen LogP contribution is -2.29. The standard InChI is InChI=1S/C15H20N2O2S2/c1-2-3-9-17(12-7-5-4-6-8-12)15-16-13-10-21(18,19)11-14(13)20-15/h4-8,13-14H,2-3,9-11H2,1H3. The highest BCUT2D eigenvalue weighted by atomic mass is 32.2. The molecule has 2 atom stereocenters. The maximum atomic E-state index is 11.7. The lowest BCUT2D eigenvalue weighted by Gasteiger charge is -2.24. The van der Waals surface area contributed by atoms with Gasteiger partial charge in [0.15, 0.2) is 15.0 Å². The molecule has 1 aromatic carbocycles. The maximum Gasteiger partial charge on any atom is 0.164 e. The second-order valence-corrected chi connectivity index (χ2v) is 8.91. The topological polar surface area (TPSA) is 49.7 Å². The van der Waals surface area contributed by atoms with Crippen molar-refractivity contribution in [1.29, 1.82) is 0 Å². The molecule has 114 valence electrons. The molecule has 6 heteroatoms. The molecule has 1 fully saturated rings. The van der Waals surface area contributed by atoms with E-state index in [2.05, 4.69) is 24.0 Å². The molecule has 21 heavy (non-hydrogen) atoms. The average Bonchev–Trinajstić information content (AvgIpc) is 2.94. The van der Waals surface area contributed by atoms with E-state index in [-0.39, 0.29) is 22.8 Å². The van der Waals surface area contributed by atoms with E-state index in [1.807, 2.05) is 18.2 Å². The van der Waals surface area contributed by atoms with Crippen LogP contribution in [0.3, 0.4) is 0 Å². The van der Waals surface area contributed by atoms with Gasteiger partial charge in [-0.3, -0.25) is 4.99 Å². The molecule has 1 aromatic rings. The first kappa shape index (κ1) is 14.9.